The van der Waals surface area contributed by atoms with Gasteiger partial charge in [0.25, 0.3) is 0 Å². The highest BCUT2D eigenvalue weighted by molar-refractivity contribution is 8.00. The molecule has 0 aromatic heterocycles. The summed E-state index contributed by atoms with van der Waals surface area (Å²) in [7, 11) is 0. The predicted molar refractivity (Wildman–Crippen MR) is 67.1 cm³/mol. The fourth-order valence-electron chi connectivity index (χ4n) is 2.93. The first kappa shape index (κ1) is 13.6. The highest BCUT2D eigenvalue weighted by Gasteiger charge is 2.60. The van der Waals surface area contributed by atoms with E-state index in [1.165, 1.54) is 16.7 Å². The zero-order valence-corrected chi connectivity index (χ0v) is 11.0. The molecule has 0 aromatic carbocycles. The quantitative estimate of drug-likeness (QED) is 0.562. The van der Waals surface area contributed by atoms with Crippen molar-refractivity contribution in [3.05, 3.63) is 0 Å². The number of aliphatic hydroxyl groups is 1. The number of carboxylic acid groups (broad SMARTS) is 1. The van der Waals surface area contributed by atoms with Crippen molar-refractivity contribution in [1.29, 1.82) is 0 Å². The molecule has 2 aliphatic heterocycles. The van der Waals surface area contributed by atoms with E-state index < -0.39 is 24.0 Å². The van der Waals surface area contributed by atoms with Crippen LogP contribution < -0.4 is 5.73 Å². The summed E-state index contributed by atoms with van der Waals surface area (Å²) >= 11 is 1.50. The van der Waals surface area contributed by atoms with Gasteiger partial charge in [0, 0.05) is 23.6 Å². The van der Waals surface area contributed by atoms with Crippen molar-refractivity contribution in [3.8, 4) is 0 Å². The standard InChI is InChI=1S/C11H18N2O4S/c1-5(14)8-6-4-7(18-3-2-12)9(11(16)17)13(6)10(8)15/h5-9,14H,2-4,12H2,1H3,(H,16,17)/t5-,6-,7?,8?,9?/m1/s1. The van der Waals surface area contributed by atoms with Crippen LogP contribution in [0.15, 0.2) is 0 Å². The van der Waals surface area contributed by atoms with Gasteiger partial charge in [0.05, 0.1) is 12.0 Å². The minimum atomic E-state index is -0.968. The molecule has 0 aromatic rings. The van der Waals surface area contributed by atoms with Crippen molar-refractivity contribution in [2.24, 2.45) is 11.7 Å². The van der Waals surface area contributed by atoms with Crippen LogP contribution in [0.5, 0.6) is 0 Å². The van der Waals surface area contributed by atoms with Gasteiger partial charge >= 0.3 is 5.97 Å². The second kappa shape index (κ2) is 5.07. The molecule has 102 valence electrons. The van der Waals surface area contributed by atoms with Gasteiger partial charge in [-0.15, -0.1) is 0 Å². The van der Waals surface area contributed by atoms with Crippen molar-refractivity contribution >= 4 is 23.6 Å². The number of nitrogens with zero attached hydrogens (tertiary/aromatic N) is 1. The van der Waals surface area contributed by atoms with Crippen molar-refractivity contribution in [2.75, 3.05) is 12.3 Å². The average Bonchev–Trinajstić information content (AvgIpc) is 2.60. The third-order valence-corrected chi connectivity index (χ3v) is 5.01. The third-order valence-electron chi connectivity index (χ3n) is 3.66. The smallest absolute Gasteiger partial charge is 0.327 e. The van der Waals surface area contributed by atoms with Crippen molar-refractivity contribution in [3.63, 3.8) is 0 Å². The topological polar surface area (TPSA) is 104 Å². The van der Waals surface area contributed by atoms with Gasteiger partial charge < -0.3 is 20.8 Å². The summed E-state index contributed by atoms with van der Waals surface area (Å²) in [4.78, 5) is 24.6. The number of nitrogens with two attached hydrogens (primary N) is 1. The molecule has 0 radical (unpaired) electrons. The summed E-state index contributed by atoms with van der Waals surface area (Å²) in [6.07, 6.45) is -0.0883. The summed E-state index contributed by atoms with van der Waals surface area (Å²) in [6.45, 7) is 2.07. The molecule has 3 unspecified atom stereocenters. The molecule has 0 aliphatic carbocycles. The molecule has 2 rings (SSSR count). The molecule has 2 fully saturated rings. The molecule has 18 heavy (non-hydrogen) atoms. The van der Waals surface area contributed by atoms with Crippen LogP contribution in [-0.2, 0) is 9.59 Å². The van der Waals surface area contributed by atoms with E-state index in [-0.39, 0.29) is 17.2 Å². The van der Waals surface area contributed by atoms with Gasteiger partial charge in [0.1, 0.15) is 6.04 Å². The number of carbonyl (C=O) groups is 2. The number of thioether (sulfide) groups is 1. The molecule has 0 spiro atoms. The van der Waals surface area contributed by atoms with Gasteiger partial charge in [-0.05, 0) is 13.3 Å². The van der Waals surface area contributed by atoms with Gasteiger partial charge in [-0.2, -0.15) is 11.8 Å². The van der Waals surface area contributed by atoms with Crippen LogP contribution in [-0.4, -0.2) is 62.7 Å². The number of hydrogen-bond acceptors (Lipinski definition) is 5. The van der Waals surface area contributed by atoms with E-state index in [0.29, 0.717) is 18.7 Å². The Morgan fingerprint density at radius 1 is 1.67 bits per heavy atom. The second-order valence-electron chi connectivity index (χ2n) is 4.80. The summed E-state index contributed by atoms with van der Waals surface area (Å²) in [5.41, 5.74) is 5.43. The number of aliphatic hydroxyl groups excluding tert-OH is 1. The number of carboxylic acids is 1. The minimum absolute atomic E-state index is 0.122. The van der Waals surface area contributed by atoms with E-state index in [0.717, 1.165) is 0 Å². The summed E-state index contributed by atoms with van der Waals surface area (Å²) in [6, 6.07) is -0.900. The van der Waals surface area contributed by atoms with Gasteiger partial charge in [-0.25, -0.2) is 4.79 Å². The Labute approximate surface area is 110 Å². The maximum Gasteiger partial charge on any atom is 0.327 e. The maximum absolute atomic E-state index is 11.9. The Kier molecular flexibility index (Phi) is 3.84. The van der Waals surface area contributed by atoms with Crippen LogP contribution in [0.1, 0.15) is 13.3 Å². The van der Waals surface area contributed by atoms with E-state index in [1.54, 1.807) is 6.92 Å². The van der Waals surface area contributed by atoms with Gasteiger partial charge in [-0.3, -0.25) is 4.79 Å². The molecule has 4 N–H and O–H groups in total. The number of rotatable bonds is 5. The van der Waals surface area contributed by atoms with Crippen LogP contribution in [0.2, 0.25) is 0 Å². The molecule has 5 atom stereocenters. The Bertz CT molecular complexity index is 363. The lowest BCUT2D eigenvalue weighted by atomic mass is 9.84. The summed E-state index contributed by atoms with van der Waals surface area (Å²) < 4.78 is 0. The fourth-order valence-corrected chi connectivity index (χ4v) is 4.13. The molecule has 2 aliphatic rings. The van der Waals surface area contributed by atoms with E-state index in [1.807, 2.05) is 0 Å². The van der Waals surface area contributed by atoms with Gasteiger partial charge in [0.2, 0.25) is 5.91 Å². The molecular formula is C11H18N2O4S. The van der Waals surface area contributed by atoms with Crippen LogP contribution in [0.25, 0.3) is 0 Å². The number of fused-ring (bicyclic) bond motifs is 1. The number of aliphatic carboxylic acids is 1. The molecule has 2 heterocycles. The first-order chi connectivity index (χ1) is 8.49. The average molecular weight is 274 g/mol. The van der Waals surface area contributed by atoms with Crippen LogP contribution in [0, 0.1) is 5.92 Å². The lowest BCUT2D eigenvalue weighted by Gasteiger charge is -2.45. The molecule has 0 saturated carbocycles. The zero-order chi connectivity index (χ0) is 13.4. The van der Waals surface area contributed by atoms with E-state index >= 15 is 0 Å². The molecule has 1 amide bonds. The molecule has 2 saturated heterocycles. The number of hydrogen-bond donors (Lipinski definition) is 3. The van der Waals surface area contributed by atoms with E-state index in [2.05, 4.69) is 0 Å². The fraction of sp³-hybridized carbons (Fsp3) is 0.818. The van der Waals surface area contributed by atoms with E-state index in [4.69, 9.17) is 5.73 Å². The van der Waals surface area contributed by atoms with Crippen molar-refractivity contribution in [1.82, 2.24) is 4.90 Å². The summed E-state index contributed by atoms with van der Waals surface area (Å²) in [5, 5.41) is 18.7. The monoisotopic (exact) mass is 274 g/mol. The lowest BCUT2D eigenvalue weighted by molar-refractivity contribution is -0.169. The normalized spacial score (nSPS) is 36.2. The molecule has 7 heteroatoms. The highest BCUT2D eigenvalue weighted by atomic mass is 32.2. The Hall–Kier alpha value is -0.790. The number of amides is 1. The summed E-state index contributed by atoms with van der Waals surface area (Å²) in [5.74, 6) is -0.958. The van der Waals surface area contributed by atoms with Crippen LogP contribution >= 0.6 is 11.8 Å². The Balaban J connectivity index is 2.12. The van der Waals surface area contributed by atoms with Crippen LogP contribution in [0.3, 0.4) is 0 Å². The maximum atomic E-state index is 11.9. The first-order valence-electron chi connectivity index (χ1n) is 6.03. The Morgan fingerprint density at radius 3 is 2.83 bits per heavy atom. The Morgan fingerprint density at radius 2 is 2.33 bits per heavy atom. The molecular weight excluding hydrogens is 256 g/mol. The van der Waals surface area contributed by atoms with Crippen LogP contribution in [0.4, 0.5) is 0 Å². The lowest BCUT2D eigenvalue weighted by Crippen LogP contribution is -2.64. The SMILES string of the molecule is C[C@@H](O)C1C(=O)N2C(C(=O)O)C(SCCN)C[C@H]12. The highest BCUT2D eigenvalue weighted by Crippen LogP contribution is 2.45. The zero-order valence-electron chi connectivity index (χ0n) is 10.2. The largest absolute Gasteiger partial charge is 0.480 e. The number of β-lactam (4-membered cyclic amide) rings is 1. The predicted octanol–water partition coefficient (Wildman–Crippen LogP) is -0.888. The molecule has 0 bridgehead atoms. The number of carbonyl (C=O) groups excluding carboxylic acids is 1. The second-order valence-corrected chi connectivity index (χ2v) is 6.14. The van der Waals surface area contributed by atoms with E-state index in [9.17, 15) is 19.8 Å². The van der Waals surface area contributed by atoms with Gasteiger partial charge in [-0.1, -0.05) is 0 Å². The van der Waals surface area contributed by atoms with Crippen molar-refractivity contribution < 1.29 is 19.8 Å². The minimum Gasteiger partial charge on any atom is -0.480 e. The first-order valence-corrected chi connectivity index (χ1v) is 7.08. The van der Waals surface area contributed by atoms with Gasteiger partial charge in [0.15, 0.2) is 0 Å². The van der Waals surface area contributed by atoms with Crippen molar-refractivity contribution in [2.45, 2.75) is 36.8 Å². The third kappa shape index (κ3) is 2.00. The molecule has 6 nitrogen and oxygen atoms in total.